The van der Waals surface area contributed by atoms with Crippen LogP contribution >= 0.6 is 0 Å². The zero-order chi connectivity index (χ0) is 61.4. The number of hydrogen-bond donors (Lipinski definition) is 2. The number of unbranched alkanes of at least 4 members (excludes halogenated alkanes) is 48. The summed E-state index contributed by atoms with van der Waals surface area (Å²) >= 11 is 0. The summed E-state index contributed by atoms with van der Waals surface area (Å²) in [5.74, 6) is -3.17. The van der Waals surface area contributed by atoms with E-state index in [1.54, 1.807) is 13.8 Å². The lowest BCUT2D eigenvalue weighted by molar-refractivity contribution is -0.253. The molecule has 0 saturated heterocycles. The van der Waals surface area contributed by atoms with Gasteiger partial charge in [0.2, 0.25) is 0 Å². The highest BCUT2D eigenvalue weighted by Gasteiger charge is 2.57. The molecule has 1 fully saturated rings. The quantitative estimate of drug-likeness (QED) is 0.0339. The summed E-state index contributed by atoms with van der Waals surface area (Å²) in [6.07, 6.45) is 51.3. The van der Waals surface area contributed by atoms with E-state index in [0.29, 0.717) is 19.3 Å². The first kappa shape index (κ1) is 79.5. The molecule has 1 saturated carbocycles. The summed E-state index contributed by atoms with van der Waals surface area (Å²) in [7, 11) is 0. The fourth-order valence-electron chi connectivity index (χ4n) is 12.0. The van der Waals surface area contributed by atoms with Crippen LogP contribution in [-0.4, -0.2) is 76.5 Å². The molecule has 84 heavy (non-hydrogen) atoms. The molecule has 1 rings (SSSR count). The molecule has 0 radical (unpaired) electrons. The van der Waals surface area contributed by atoms with Gasteiger partial charge in [0.25, 0.3) is 0 Å². The summed E-state index contributed by atoms with van der Waals surface area (Å²) in [5.41, 5.74) is 0. The zero-order valence-electron chi connectivity index (χ0n) is 55.7. The fourth-order valence-corrected chi connectivity index (χ4v) is 12.0. The molecule has 0 aromatic heterocycles. The predicted octanol–water partition coefficient (Wildman–Crippen LogP) is 20.5. The Balaban J connectivity index is 2.90. The molecule has 0 aliphatic heterocycles. The van der Waals surface area contributed by atoms with E-state index >= 15 is 0 Å². The molecule has 2 N–H and O–H groups in total. The van der Waals surface area contributed by atoms with Gasteiger partial charge in [0, 0.05) is 31.6 Å². The maximum atomic E-state index is 13.8. The van der Waals surface area contributed by atoms with Gasteiger partial charge in [0.05, 0.1) is 6.42 Å². The highest BCUT2D eigenvalue weighted by molar-refractivity contribution is 5.84. The van der Waals surface area contributed by atoms with Crippen molar-refractivity contribution in [3.05, 3.63) is 0 Å². The van der Waals surface area contributed by atoms with Gasteiger partial charge in [-0.1, -0.05) is 343 Å². The van der Waals surface area contributed by atoms with E-state index in [1.807, 2.05) is 0 Å². The van der Waals surface area contributed by atoms with Crippen molar-refractivity contribution >= 4 is 29.7 Å². The van der Waals surface area contributed by atoms with Crippen LogP contribution in [0.4, 0.5) is 0 Å². The van der Waals surface area contributed by atoms with Crippen molar-refractivity contribution in [2.24, 2.45) is 5.92 Å². The molecule has 494 valence electrons. The maximum Gasteiger partial charge on any atom is 0.306 e. The first-order valence-corrected chi connectivity index (χ1v) is 36.6. The second-order valence-electron chi connectivity index (χ2n) is 26.1. The Labute approximate surface area is 517 Å². The van der Waals surface area contributed by atoms with Crippen LogP contribution in [0.25, 0.3) is 0 Å². The average molecular weight is 1190 g/mol. The van der Waals surface area contributed by atoms with Crippen LogP contribution in [0.5, 0.6) is 0 Å². The van der Waals surface area contributed by atoms with E-state index in [9.17, 15) is 34.2 Å². The number of rotatable bonds is 62. The lowest BCUT2D eigenvalue weighted by Gasteiger charge is -2.45. The molecule has 0 heterocycles. The van der Waals surface area contributed by atoms with E-state index in [-0.39, 0.29) is 43.8 Å². The second kappa shape index (κ2) is 58.2. The third-order valence-electron chi connectivity index (χ3n) is 17.7. The molecular formula is C73H136O11. The van der Waals surface area contributed by atoms with Crippen LogP contribution in [0.1, 0.15) is 394 Å². The smallest absolute Gasteiger partial charge is 0.306 e. The van der Waals surface area contributed by atoms with E-state index in [1.165, 1.54) is 238 Å². The minimum absolute atomic E-state index is 0.0427. The molecular weight excluding hydrogens is 1050 g/mol. The summed E-state index contributed by atoms with van der Waals surface area (Å²) < 4.78 is 23.8. The van der Waals surface area contributed by atoms with Crippen molar-refractivity contribution in [2.75, 3.05) is 0 Å². The van der Waals surface area contributed by atoms with Gasteiger partial charge in [0.1, 0.15) is 18.0 Å². The van der Waals surface area contributed by atoms with Gasteiger partial charge >= 0.3 is 23.9 Å². The van der Waals surface area contributed by atoms with Gasteiger partial charge in [-0.15, -0.1) is 0 Å². The first-order valence-electron chi connectivity index (χ1n) is 36.6. The number of aliphatic hydroxyl groups is 2. The summed E-state index contributed by atoms with van der Waals surface area (Å²) in [4.78, 5) is 67.0. The summed E-state index contributed by atoms with van der Waals surface area (Å²) in [6, 6.07) is 0. The largest absolute Gasteiger partial charge is 0.455 e. The monoisotopic (exact) mass is 1190 g/mol. The number of esters is 4. The molecule has 1 aliphatic rings. The van der Waals surface area contributed by atoms with Gasteiger partial charge in [-0.05, 0) is 19.3 Å². The van der Waals surface area contributed by atoms with Gasteiger partial charge in [-0.2, -0.15) is 0 Å². The maximum absolute atomic E-state index is 13.8. The summed E-state index contributed by atoms with van der Waals surface area (Å²) in [5, 5.41) is 23.4. The van der Waals surface area contributed by atoms with Crippen LogP contribution in [-0.2, 0) is 42.9 Å². The second-order valence-corrected chi connectivity index (χ2v) is 26.1. The van der Waals surface area contributed by atoms with Crippen LogP contribution in [0, 0.1) is 5.92 Å². The topological polar surface area (TPSA) is 163 Å². The number of ketones is 1. The van der Waals surface area contributed by atoms with Crippen molar-refractivity contribution in [3.8, 4) is 0 Å². The molecule has 0 aromatic rings. The van der Waals surface area contributed by atoms with Gasteiger partial charge in [-0.3, -0.25) is 24.0 Å². The third-order valence-corrected chi connectivity index (χ3v) is 17.7. The first-order chi connectivity index (χ1) is 41.0. The zero-order valence-corrected chi connectivity index (χ0v) is 55.7. The average Bonchev–Trinajstić information content (AvgIpc) is 1.58. The van der Waals surface area contributed by atoms with Crippen LogP contribution in [0.15, 0.2) is 0 Å². The van der Waals surface area contributed by atoms with Crippen LogP contribution < -0.4 is 0 Å². The molecule has 1 aliphatic carbocycles. The Morgan fingerprint density at radius 3 is 0.607 bits per heavy atom. The number of carbonyl (C=O) groups excluding carboxylic acids is 5. The number of carbonyl (C=O) groups is 5. The molecule has 0 aromatic carbocycles. The van der Waals surface area contributed by atoms with Crippen LogP contribution in [0.2, 0.25) is 0 Å². The molecule has 0 amide bonds. The Hall–Kier alpha value is -2.53. The van der Waals surface area contributed by atoms with Gasteiger partial charge < -0.3 is 29.2 Å². The fraction of sp³-hybridized carbons (Fsp3) is 0.932. The third kappa shape index (κ3) is 45.7. The molecule has 11 heteroatoms. The van der Waals surface area contributed by atoms with Gasteiger partial charge in [-0.25, -0.2) is 0 Å². The van der Waals surface area contributed by atoms with E-state index in [4.69, 9.17) is 18.9 Å². The number of aliphatic hydroxyl groups excluding tert-OH is 2. The SMILES string of the molecule is CCCCCCCCCCCCCCCCCCCC(=O)O[C@H]1[C@H](OC(=O)CCCCCCCCCCCCCCCCCCC)[C@@H](OC(=O)CCCCCCCCCCCCCCCCCCC)[C@H](O)[C@@H](O)[C@H]1OC(=O)CCC(=O)C(C)C. The Kier molecular flexibility index (Phi) is 55.0. The highest BCUT2D eigenvalue weighted by atomic mass is 16.6. The van der Waals surface area contributed by atoms with E-state index in [2.05, 4.69) is 20.8 Å². The lowest BCUT2D eigenvalue weighted by Crippen LogP contribution is -2.67. The van der Waals surface area contributed by atoms with Crippen LogP contribution in [0.3, 0.4) is 0 Å². The van der Waals surface area contributed by atoms with Crippen molar-refractivity contribution in [3.63, 3.8) is 0 Å². The molecule has 11 nitrogen and oxygen atoms in total. The molecule has 0 bridgehead atoms. The predicted molar refractivity (Wildman–Crippen MR) is 347 cm³/mol. The van der Waals surface area contributed by atoms with Gasteiger partial charge in [0.15, 0.2) is 24.4 Å². The minimum atomic E-state index is -1.86. The van der Waals surface area contributed by atoms with Crippen molar-refractivity contribution < 1.29 is 53.1 Å². The van der Waals surface area contributed by atoms with Crippen molar-refractivity contribution in [1.29, 1.82) is 0 Å². The standard InChI is InChI=1S/C73H136O11/c1-6-9-12-15-18-21-24-27-30-33-36-39-42-45-48-51-54-57-64(75)81-70-68(79)69(80)71(82-67(78)61-60-63(74)62(4)5)73(84-66(77)59-56-53-50-47-44-41-38-35-32-29-26-23-20-17-14-11-8-3)72(70)83-65(76)58-55-52-49-46-43-40-37-34-31-28-25-22-19-16-13-10-7-2/h62,68-73,79-80H,6-61H2,1-5H3/t68-,69-,70+,71-,72-,73-/m1/s1. The highest BCUT2D eigenvalue weighted by Crippen LogP contribution is 2.33. The Morgan fingerprint density at radius 1 is 0.250 bits per heavy atom. The van der Waals surface area contributed by atoms with E-state index in [0.717, 1.165) is 70.6 Å². The number of Topliss-reactive ketones (excluding diaryl/α,β-unsaturated/α-hetero) is 1. The number of ether oxygens (including phenoxy) is 4. The molecule has 6 atom stereocenters. The molecule has 0 spiro atoms. The minimum Gasteiger partial charge on any atom is -0.455 e. The molecule has 0 unspecified atom stereocenters. The summed E-state index contributed by atoms with van der Waals surface area (Å²) in [6.45, 7) is 10.3. The van der Waals surface area contributed by atoms with E-state index < -0.39 is 60.5 Å². The Morgan fingerprint density at radius 2 is 0.417 bits per heavy atom. The Bertz CT molecular complexity index is 1530. The normalized spacial score (nSPS) is 17.9. The number of hydrogen-bond acceptors (Lipinski definition) is 11. The lowest BCUT2D eigenvalue weighted by atomic mass is 9.84. The van der Waals surface area contributed by atoms with Crippen molar-refractivity contribution in [2.45, 2.75) is 431 Å². The van der Waals surface area contributed by atoms with Crippen molar-refractivity contribution in [1.82, 2.24) is 0 Å².